The van der Waals surface area contributed by atoms with Crippen LogP contribution in [0.2, 0.25) is 0 Å². The monoisotopic (exact) mass is 299 g/mol. The first-order valence-corrected chi connectivity index (χ1v) is 6.76. The Balaban J connectivity index is 1.89. The fraction of sp³-hybridized carbons (Fsp3) is 0.538. The summed E-state index contributed by atoms with van der Waals surface area (Å²) in [5, 5.41) is 3.39. The van der Waals surface area contributed by atoms with Crippen molar-refractivity contribution in [3.63, 3.8) is 0 Å². The molecule has 1 N–H and O–H groups in total. The van der Waals surface area contributed by atoms with Crippen LogP contribution in [0, 0.1) is 5.92 Å². The second-order valence-electron chi connectivity index (χ2n) is 4.32. The smallest absolute Gasteiger partial charge is 0.133 e. The summed E-state index contributed by atoms with van der Waals surface area (Å²) in [4.78, 5) is 0. The van der Waals surface area contributed by atoms with Crippen molar-refractivity contribution in [2.45, 2.75) is 12.8 Å². The molecule has 0 bridgehead atoms. The van der Waals surface area contributed by atoms with Gasteiger partial charge in [-0.15, -0.1) is 0 Å². The number of benzene rings is 1. The van der Waals surface area contributed by atoms with Crippen molar-refractivity contribution in [2.75, 3.05) is 26.8 Å². The average Bonchev–Trinajstić information content (AvgIpc) is 2.38. The Bertz CT molecular complexity index is 364. The van der Waals surface area contributed by atoms with E-state index in [4.69, 9.17) is 9.47 Å². The van der Waals surface area contributed by atoms with Gasteiger partial charge in [-0.2, -0.15) is 0 Å². The van der Waals surface area contributed by atoms with E-state index < -0.39 is 0 Å². The molecule has 1 aliphatic rings. The van der Waals surface area contributed by atoms with Gasteiger partial charge in [-0.05, 0) is 53.5 Å². The highest BCUT2D eigenvalue weighted by atomic mass is 79.9. The van der Waals surface area contributed by atoms with Crippen molar-refractivity contribution in [1.29, 1.82) is 0 Å². The summed E-state index contributed by atoms with van der Waals surface area (Å²) < 4.78 is 11.9. The maximum Gasteiger partial charge on any atom is 0.133 e. The number of rotatable bonds is 4. The third-order valence-electron chi connectivity index (χ3n) is 3.01. The van der Waals surface area contributed by atoms with Crippen LogP contribution in [0.25, 0.3) is 0 Å². The number of ether oxygens (including phenoxy) is 2. The molecule has 0 spiro atoms. The van der Waals surface area contributed by atoms with Crippen LogP contribution in [-0.2, 0) is 0 Å². The lowest BCUT2D eigenvalue weighted by atomic mass is 10.0. The lowest BCUT2D eigenvalue weighted by Crippen LogP contribution is -2.33. The fourth-order valence-electron chi connectivity index (χ4n) is 2.00. The minimum Gasteiger partial charge on any atom is -0.497 e. The van der Waals surface area contributed by atoms with Crippen LogP contribution in [0.3, 0.4) is 0 Å². The zero-order chi connectivity index (χ0) is 12.1. The van der Waals surface area contributed by atoms with Crippen molar-refractivity contribution >= 4 is 15.9 Å². The van der Waals surface area contributed by atoms with E-state index in [1.165, 1.54) is 12.8 Å². The summed E-state index contributed by atoms with van der Waals surface area (Å²) in [7, 11) is 1.66. The van der Waals surface area contributed by atoms with Gasteiger partial charge in [0.2, 0.25) is 0 Å². The molecule has 0 aromatic heterocycles. The first kappa shape index (κ1) is 12.7. The Kier molecular flexibility index (Phi) is 4.68. The van der Waals surface area contributed by atoms with E-state index in [0.717, 1.165) is 35.7 Å². The van der Waals surface area contributed by atoms with E-state index in [-0.39, 0.29) is 0 Å². The summed E-state index contributed by atoms with van der Waals surface area (Å²) in [6, 6.07) is 5.78. The first-order valence-electron chi connectivity index (χ1n) is 5.96. The number of halogens is 1. The molecule has 0 aliphatic carbocycles. The van der Waals surface area contributed by atoms with Gasteiger partial charge in [0.1, 0.15) is 11.5 Å². The predicted molar refractivity (Wildman–Crippen MR) is 71.8 cm³/mol. The Morgan fingerprint density at radius 2 is 2.35 bits per heavy atom. The van der Waals surface area contributed by atoms with Crippen molar-refractivity contribution in [1.82, 2.24) is 5.32 Å². The van der Waals surface area contributed by atoms with E-state index in [2.05, 4.69) is 21.2 Å². The molecule has 1 atom stereocenters. The van der Waals surface area contributed by atoms with Gasteiger partial charge in [0.05, 0.1) is 18.2 Å². The van der Waals surface area contributed by atoms with Gasteiger partial charge in [-0.1, -0.05) is 0 Å². The second-order valence-corrected chi connectivity index (χ2v) is 5.17. The molecule has 1 aromatic rings. The number of methoxy groups -OCH3 is 1. The zero-order valence-electron chi connectivity index (χ0n) is 10.0. The van der Waals surface area contributed by atoms with Crippen LogP contribution in [0.1, 0.15) is 12.8 Å². The highest BCUT2D eigenvalue weighted by molar-refractivity contribution is 9.10. The maximum atomic E-state index is 5.83. The number of hydrogen-bond acceptors (Lipinski definition) is 3. The van der Waals surface area contributed by atoms with Crippen LogP contribution >= 0.6 is 15.9 Å². The maximum absolute atomic E-state index is 5.83. The van der Waals surface area contributed by atoms with Crippen molar-refractivity contribution < 1.29 is 9.47 Å². The highest BCUT2D eigenvalue weighted by Crippen LogP contribution is 2.29. The first-order chi connectivity index (χ1) is 8.29. The zero-order valence-corrected chi connectivity index (χ0v) is 11.6. The molecule has 1 saturated heterocycles. The normalized spacial score (nSPS) is 20.0. The third kappa shape index (κ3) is 3.61. The Hall–Kier alpha value is -0.740. The van der Waals surface area contributed by atoms with Gasteiger partial charge < -0.3 is 14.8 Å². The van der Waals surface area contributed by atoms with E-state index in [9.17, 15) is 0 Å². The topological polar surface area (TPSA) is 30.5 Å². The van der Waals surface area contributed by atoms with E-state index in [0.29, 0.717) is 5.92 Å². The van der Waals surface area contributed by atoms with Gasteiger partial charge in [0.15, 0.2) is 0 Å². The van der Waals surface area contributed by atoms with Crippen molar-refractivity contribution in [2.24, 2.45) is 5.92 Å². The molecule has 1 heterocycles. The third-order valence-corrected chi connectivity index (χ3v) is 3.63. The average molecular weight is 300 g/mol. The standard InChI is InChI=1S/C13H18BrNO2/c1-16-11-4-5-13(12(14)7-11)17-9-10-3-2-6-15-8-10/h4-5,7,10,15H,2-3,6,8-9H2,1H3. The molecule has 4 heteroatoms. The van der Waals surface area contributed by atoms with Crippen LogP contribution in [-0.4, -0.2) is 26.8 Å². The van der Waals surface area contributed by atoms with E-state index in [1.807, 2.05) is 18.2 Å². The second kappa shape index (κ2) is 6.26. The highest BCUT2D eigenvalue weighted by Gasteiger charge is 2.14. The minimum absolute atomic E-state index is 0.623. The van der Waals surface area contributed by atoms with Crippen molar-refractivity contribution in [3.8, 4) is 11.5 Å². The summed E-state index contributed by atoms with van der Waals surface area (Å²) in [6.07, 6.45) is 2.50. The van der Waals surface area contributed by atoms with E-state index in [1.54, 1.807) is 7.11 Å². The predicted octanol–water partition coefficient (Wildman–Crippen LogP) is 2.84. The Morgan fingerprint density at radius 1 is 1.47 bits per heavy atom. The molecule has 94 valence electrons. The summed E-state index contributed by atoms with van der Waals surface area (Å²) in [5.74, 6) is 2.35. The van der Waals surface area contributed by atoms with Crippen LogP contribution in [0.15, 0.2) is 22.7 Å². The van der Waals surface area contributed by atoms with Crippen LogP contribution in [0.5, 0.6) is 11.5 Å². The molecule has 17 heavy (non-hydrogen) atoms. The molecule has 1 unspecified atom stereocenters. The molecule has 0 saturated carbocycles. The number of piperidine rings is 1. The van der Waals surface area contributed by atoms with Gasteiger partial charge in [-0.3, -0.25) is 0 Å². The molecule has 1 fully saturated rings. The SMILES string of the molecule is COc1ccc(OCC2CCCNC2)c(Br)c1. The molecule has 3 nitrogen and oxygen atoms in total. The molecule has 0 radical (unpaired) electrons. The minimum atomic E-state index is 0.623. The molecule has 1 aromatic carbocycles. The molecule has 0 amide bonds. The van der Waals surface area contributed by atoms with Crippen LogP contribution in [0.4, 0.5) is 0 Å². The molecule has 2 rings (SSSR count). The summed E-state index contributed by atoms with van der Waals surface area (Å²) in [5.41, 5.74) is 0. The van der Waals surface area contributed by atoms with Crippen molar-refractivity contribution in [3.05, 3.63) is 22.7 Å². The van der Waals surface area contributed by atoms with Gasteiger partial charge in [0.25, 0.3) is 0 Å². The molecular formula is C13H18BrNO2. The summed E-state index contributed by atoms with van der Waals surface area (Å²) in [6.45, 7) is 2.98. The lowest BCUT2D eigenvalue weighted by Gasteiger charge is -2.23. The molecular weight excluding hydrogens is 282 g/mol. The quantitative estimate of drug-likeness (QED) is 0.927. The van der Waals surface area contributed by atoms with Gasteiger partial charge in [-0.25, -0.2) is 0 Å². The Morgan fingerprint density at radius 3 is 3.00 bits per heavy atom. The van der Waals surface area contributed by atoms with E-state index >= 15 is 0 Å². The largest absolute Gasteiger partial charge is 0.497 e. The van der Waals surface area contributed by atoms with Gasteiger partial charge >= 0.3 is 0 Å². The molecule has 1 aliphatic heterocycles. The number of nitrogens with one attached hydrogen (secondary N) is 1. The number of hydrogen-bond donors (Lipinski definition) is 1. The van der Waals surface area contributed by atoms with Gasteiger partial charge in [0, 0.05) is 12.5 Å². The lowest BCUT2D eigenvalue weighted by molar-refractivity contribution is 0.217. The van der Waals surface area contributed by atoms with Crippen LogP contribution < -0.4 is 14.8 Å². The Labute approximate surface area is 111 Å². The fourth-order valence-corrected chi connectivity index (χ4v) is 2.47. The summed E-state index contributed by atoms with van der Waals surface area (Å²) >= 11 is 3.49.